The van der Waals surface area contributed by atoms with Crippen molar-refractivity contribution >= 4 is 29.2 Å². The quantitative estimate of drug-likeness (QED) is 0.839. The molecular weight excluding hydrogens is 358 g/mol. The van der Waals surface area contributed by atoms with Crippen LogP contribution in [0.2, 0.25) is 0 Å². The molecule has 0 saturated carbocycles. The maximum atomic E-state index is 13.7. The summed E-state index contributed by atoms with van der Waals surface area (Å²) in [6.07, 6.45) is 0.0704. The van der Waals surface area contributed by atoms with Gasteiger partial charge in [0, 0.05) is 18.5 Å². The van der Waals surface area contributed by atoms with Gasteiger partial charge in [-0.1, -0.05) is 12.1 Å². The summed E-state index contributed by atoms with van der Waals surface area (Å²) in [5.74, 6) is -3.79. The third-order valence-electron chi connectivity index (χ3n) is 4.11. The molecule has 0 aromatic heterocycles. The highest BCUT2D eigenvalue weighted by molar-refractivity contribution is 6.05. The zero-order valence-corrected chi connectivity index (χ0v) is 14.4. The molecule has 6 nitrogen and oxygen atoms in total. The fraction of sp³-hybridized carbons (Fsp3) is 0.211. The Morgan fingerprint density at radius 3 is 2.70 bits per heavy atom. The van der Waals surface area contributed by atoms with Crippen LogP contribution in [0.25, 0.3) is 0 Å². The summed E-state index contributed by atoms with van der Waals surface area (Å²) in [6.45, 7) is 1.05. The first-order valence-corrected chi connectivity index (χ1v) is 8.20. The number of rotatable bonds is 3. The number of nitrogens with zero attached hydrogens (tertiary/aromatic N) is 1. The van der Waals surface area contributed by atoms with E-state index in [1.165, 1.54) is 4.90 Å². The van der Waals surface area contributed by atoms with Crippen LogP contribution in [-0.4, -0.2) is 30.4 Å². The van der Waals surface area contributed by atoms with Crippen LogP contribution >= 0.6 is 0 Å². The van der Waals surface area contributed by atoms with Crippen LogP contribution in [0.15, 0.2) is 42.5 Å². The molecule has 8 heteroatoms. The third-order valence-corrected chi connectivity index (χ3v) is 4.11. The first-order chi connectivity index (χ1) is 12.9. The molecule has 0 fully saturated rings. The average Bonchev–Trinajstić information content (AvgIpc) is 2.73. The summed E-state index contributed by atoms with van der Waals surface area (Å²) in [7, 11) is 0. The van der Waals surface area contributed by atoms with E-state index < -0.39 is 41.7 Å². The number of hydrogen-bond donors (Lipinski definition) is 1. The number of benzene rings is 2. The van der Waals surface area contributed by atoms with Gasteiger partial charge in [-0.25, -0.2) is 13.6 Å². The Labute approximate surface area is 153 Å². The van der Waals surface area contributed by atoms with Crippen molar-refractivity contribution in [2.75, 3.05) is 16.8 Å². The molecule has 2 aromatic carbocycles. The van der Waals surface area contributed by atoms with Crippen LogP contribution in [0.4, 0.5) is 20.2 Å². The highest BCUT2D eigenvalue weighted by atomic mass is 19.1. The summed E-state index contributed by atoms with van der Waals surface area (Å²) in [6, 6.07) is 8.71. The van der Waals surface area contributed by atoms with Crippen molar-refractivity contribution in [2.45, 2.75) is 19.4 Å². The Balaban J connectivity index is 1.77. The maximum absolute atomic E-state index is 13.7. The largest absolute Gasteiger partial charge is 0.452 e. The van der Waals surface area contributed by atoms with Crippen LogP contribution in [0.5, 0.6) is 0 Å². The van der Waals surface area contributed by atoms with Crippen molar-refractivity contribution in [3.63, 3.8) is 0 Å². The molecule has 0 unspecified atom stereocenters. The number of halogens is 2. The number of hydrogen-bond acceptors (Lipinski definition) is 4. The van der Waals surface area contributed by atoms with Crippen molar-refractivity contribution < 1.29 is 27.9 Å². The maximum Gasteiger partial charge on any atom is 0.341 e. The number of carbonyl (C=O) groups excluding carboxylic acids is 3. The van der Waals surface area contributed by atoms with Crippen molar-refractivity contribution in [2.24, 2.45) is 0 Å². The first kappa shape index (κ1) is 18.5. The fourth-order valence-electron chi connectivity index (χ4n) is 2.90. The van der Waals surface area contributed by atoms with E-state index in [4.69, 9.17) is 4.74 Å². The Bertz CT molecular complexity index is 916. The second-order valence-electron chi connectivity index (χ2n) is 6.08. The molecule has 1 atom stereocenters. The highest BCUT2D eigenvalue weighted by Crippen LogP contribution is 2.31. The van der Waals surface area contributed by atoms with Crippen molar-refractivity contribution in [3.8, 4) is 0 Å². The number of amides is 2. The number of anilines is 2. The molecule has 140 valence electrons. The summed E-state index contributed by atoms with van der Waals surface area (Å²) < 4.78 is 31.5. The molecule has 0 spiro atoms. The lowest BCUT2D eigenvalue weighted by Crippen LogP contribution is -2.41. The van der Waals surface area contributed by atoms with Gasteiger partial charge >= 0.3 is 5.97 Å². The van der Waals surface area contributed by atoms with Gasteiger partial charge in [0.15, 0.2) is 6.61 Å². The zero-order valence-electron chi connectivity index (χ0n) is 14.4. The van der Waals surface area contributed by atoms with Crippen LogP contribution in [0.1, 0.15) is 23.7 Å². The van der Waals surface area contributed by atoms with Gasteiger partial charge < -0.3 is 15.0 Å². The van der Waals surface area contributed by atoms with E-state index in [2.05, 4.69) is 5.32 Å². The van der Waals surface area contributed by atoms with Gasteiger partial charge in [0.2, 0.25) is 5.91 Å². The molecule has 1 N–H and O–H groups in total. The van der Waals surface area contributed by atoms with E-state index in [0.717, 1.165) is 12.1 Å². The molecule has 1 heterocycles. The van der Waals surface area contributed by atoms with Crippen LogP contribution in [-0.2, 0) is 14.3 Å². The normalized spacial score (nSPS) is 16.2. The van der Waals surface area contributed by atoms with Gasteiger partial charge in [-0.15, -0.1) is 0 Å². The second kappa shape index (κ2) is 7.53. The second-order valence-corrected chi connectivity index (χ2v) is 6.08. The van der Waals surface area contributed by atoms with Crippen LogP contribution in [0, 0.1) is 11.6 Å². The molecule has 0 aliphatic carbocycles. The first-order valence-electron chi connectivity index (χ1n) is 8.20. The number of ether oxygens (including phenoxy) is 1. The molecular formula is C19H16F2N2O4. The molecule has 2 amide bonds. The lowest BCUT2D eigenvalue weighted by Gasteiger charge is -2.27. The van der Waals surface area contributed by atoms with Gasteiger partial charge in [-0.05, 0) is 31.2 Å². The Kier molecular flexibility index (Phi) is 5.16. The minimum atomic E-state index is -1.08. The summed E-state index contributed by atoms with van der Waals surface area (Å²) in [4.78, 5) is 37.9. The van der Waals surface area contributed by atoms with Crippen molar-refractivity contribution in [3.05, 3.63) is 59.7 Å². The van der Waals surface area contributed by atoms with E-state index in [-0.39, 0.29) is 12.3 Å². The lowest BCUT2D eigenvalue weighted by molar-refractivity contribution is -0.122. The predicted molar refractivity (Wildman–Crippen MR) is 93.3 cm³/mol. The number of nitrogens with one attached hydrogen (secondary N) is 1. The zero-order chi connectivity index (χ0) is 19.6. The monoisotopic (exact) mass is 374 g/mol. The summed E-state index contributed by atoms with van der Waals surface area (Å²) >= 11 is 0. The Hall–Kier alpha value is -3.29. The number of carbonyl (C=O) groups is 3. The van der Waals surface area contributed by atoms with E-state index in [0.29, 0.717) is 17.4 Å². The van der Waals surface area contributed by atoms with Gasteiger partial charge in [0.05, 0.1) is 16.9 Å². The van der Waals surface area contributed by atoms with Gasteiger partial charge in [-0.2, -0.15) is 0 Å². The molecule has 3 rings (SSSR count). The topological polar surface area (TPSA) is 75.7 Å². The predicted octanol–water partition coefficient (Wildman–Crippen LogP) is 2.89. The van der Waals surface area contributed by atoms with E-state index in [1.54, 1.807) is 31.2 Å². The lowest BCUT2D eigenvalue weighted by atomic mass is 10.1. The Morgan fingerprint density at radius 1 is 1.22 bits per heavy atom. The summed E-state index contributed by atoms with van der Waals surface area (Å²) in [5, 5.41) is 2.72. The number of para-hydroxylation sites is 2. The van der Waals surface area contributed by atoms with Gasteiger partial charge in [-0.3, -0.25) is 9.59 Å². The number of fused-ring (bicyclic) bond motifs is 1. The standard InChI is InChI=1S/C19H16F2N2O4/c1-11-8-17(24)22-15-4-2-3-5-16(15)23(11)18(25)10-27-19(26)13-7-6-12(20)9-14(13)21/h2-7,9,11H,8,10H2,1H3,(H,22,24)/t11-/m1/s1. The average molecular weight is 374 g/mol. The van der Waals surface area contributed by atoms with Crippen LogP contribution in [0.3, 0.4) is 0 Å². The summed E-state index contributed by atoms with van der Waals surface area (Å²) in [5.41, 5.74) is 0.478. The molecule has 1 aliphatic rings. The van der Waals surface area contributed by atoms with Gasteiger partial charge in [0.25, 0.3) is 5.91 Å². The van der Waals surface area contributed by atoms with Crippen molar-refractivity contribution in [1.29, 1.82) is 0 Å². The molecule has 0 saturated heterocycles. The highest BCUT2D eigenvalue weighted by Gasteiger charge is 2.30. The molecule has 0 radical (unpaired) electrons. The van der Waals surface area contributed by atoms with Crippen molar-refractivity contribution in [1.82, 2.24) is 0 Å². The fourth-order valence-corrected chi connectivity index (χ4v) is 2.90. The van der Waals surface area contributed by atoms with E-state index >= 15 is 0 Å². The van der Waals surface area contributed by atoms with Crippen LogP contribution < -0.4 is 10.2 Å². The molecule has 0 bridgehead atoms. The molecule has 27 heavy (non-hydrogen) atoms. The number of esters is 1. The molecule has 2 aromatic rings. The molecule has 1 aliphatic heterocycles. The smallest absolute Gasteiger partial charge is 0.341 e. The SMILES string of the molecule is C[C@@H]1CC(=O)Nc2ccccc2N1C(=O)COC(=O)c1ccc(F)cc1F. The minimum Gasteiger partial charge on any atom is -0.452 e. The third kappa shape index (κ3) is 3.94. The van der Waals surface area contributed by atoms with E-state index in [9.17, 15) is 23.2 Å². The van der Waals surface area contributed by atoms with E-state index in [1.807, 2.05) is 0 Å². The van der Waals surface area contributed by atoms with Gasteiger partial charge in [0.1, 0.15) is 11.6 Å². The minimum absolute atomic E-state index is 0.0704. The Morgan fingerprint density at radius 2 is 1.96 bits per heavy atom.